The molecular formula is C50H39N3. The maximum atomic E-state index is 5.01. The number of fused-ring (bicyclic) bond motifs is 6. The molecule has 8 aromatic rings. The fraction of sp³-hybridized carbons (Fsp3) is 0.100. The minimum atomic E-state index is -0.00367. The summed E-state index contributed by atoms with van der Waals surface area (Å²) < 4.78 is 0. The van der Waals surface area contributed by atoms with E-state index in [9.17, 15) is 0 Å². The van der Waals surface area contributed by atoms with Gasteiger partial charge in [0.05, 0.1) is 0 Å². The number of hydrogen-bond donors (Lipinski definition) is 0. The normalized spacial score (nSPS) is 13.0. The molecule has 1 aromatic heterocycles. The third-order valence-electron chi connectivity index (χ3n) is 11.0. The van der Waals surface area contributed by atoms with Crippen LogP contribution in [-0.4, -0.2) is 15.0 Å². The molecule has 0 saturated carbocycles. The lowest BCUT2D eigenvalue weighted by atomic mass is 9.82. The zero-order valence-electron chi connectivity index (χ0n) is 29.1. The SMILES string of the molecule is C.CC1(C)c2ccccc2-c2cc(-c3cccc4c3Cc3c(-c5cccc(-c6nc(-c7ccccc7)nc(-c7ccccc7)n6)c5)cccc3-4)ccc21. The zero-order chi connectivity index (χ0) is 34.8. The van der Waals surface area contributed by atoms with Gasteiger partial charge < -0.3 is 0 Å². The molecule has 2 aliphatic rings. The number of rotatable bonds is 5. The van der Waals surface area contributed by atoms with Crippen LogP contribution in [0, 0.1) is 0 Å². The first-order valence-corrected chi connectivity index (χ1v) is 18.0. The van der Waals surface area contributed by atoms with Crippen LogP contribution < -0.4 is 0 Å². The van der Waals surface area contributed by atoms with Crippen LogP contribution >= 0.6 is 0 Å². The molecule has 0 spiro atoms. The highest BCUT2D eigenvalue weighted by Gasteiger charge is 2.35. The summed E-state index contributed by atoms with van der Waals surface area (Å²) in [4.78, 5) is 14.9. The lowest BCUT2D eigenvalue weighted by molar-refractivity contribution is 0.660. The van der Waals surface area contributed by atoms with E-state index in [2.05, 4.69) is 117 Å². The fourth-order valence-corrected chi connectivity index (χ4v) is 8.43. The Labute approximate surface area is 311 Å². The highest BCUT2D eigenvalue weighted by atomic mass is 15.0. The summed E-state index contributed by atoms with van der Waals surface area (Å²) in [7, 11) is 0. The standard InChI is InChI=1S/C49H35N3.CH4/c1-49(2)44-25-10-9-20-40(44)43-29-34(26-27-45(43)49)37-22-13-24-39-38-23-12-21-36(41(38)30-42(37)39)33-18-11-19-35(28-33)48-51-46(31-14-5-3-6-15-31)50-47(52-48)32-16-7-4-8-17-32;/h3-29H,30H2,1-2H3;1H4. The van der Waals surface area contributed by atoms with Crippen LogP contribution in [0.15, 0.2) is 164 Å². The second kappa shape index (κ2) is 12.6. The Hall–Kier alpha value is -6.45. The van der Waals surface area contributed by atoms with Crippen LogP contribution in [0.1, 0.15) is 43.5 Å². The van der Waals surface area contributed by atoms with E-state index in [1.807, 2.05) is 60.7 Å². The van der Waals surface area contributed by atoms with Gasteiger partial charge in [0.2, 0.25) is 0 Å². The van der Waals surface area contributed by atoms with Gasteiger partial charge in [-0.1, -0.05) is 173 Å². The van der Waals surface area contributed by atoms with Gasteiger partial charge in [-0.2, -0.15) is 0 Å². The smallest absolute Gasteiger partial charge is 0.164 e. The van der Waals surface area contributed by atoms with Crippen molar-refractivity contribution in [2.45, 2.75) is 33.1 Å². The van der Waals surface area contributed by atoms with Crippen molar-refractivity contribution in [3.63, 3.8) is 0 Å². The summed E-state index contributed by atoms with van der Waals surface area (Å²) in [6.07, 6.45) is 0.877. The molecule has 0 saturated heterocycles. The van der Waals surface area contributed by atoms with Gasteiger partial charge in [-0.25, -0.2) is 15.0 Å². The van der Waals surface area contributed by atoms with Crippen LogP contribution in [0.3, 0.4) is 0 Å². The van der Waals surface area contributed by atoms with E-state index in [4.69, 9.17) is 15.0 Å². The van der Waals surface area contributed by atoms with Crippen molar-refractivity contribution in [3.05, 3.63) is 186 Å². The van der Waals surface area contributed by atoms with Gasteiger partial charge in [0.1, 0.15) is 0 Å². The molecule has 0 unspecified atom stereocenters. The predicted octanol–water partition coefficient (Wildman–Crippen LogP) is 12.7. The second-order valence-corrected chi connectivity index (χ2v) is 14.4. The number of hydrogen-bond acceptors (Lipinski definition) is 3. The molecule has 1 heterocycles. The first-order valence-electron chi connectivity index (χ1n) is 18.0. The van der Waals surface area contributed by atoms with Crippen molar-refractivity contribution in [3.8, 4) is 78.7 Å². The van der Waals surface area contributed by atoms with E-state index in [0.29, 0.717) is 17.5 Å². The van der Waals surface area contributed by atoms with E-state index in [0.717, 1.165) is 28.7 Å². The fourth-order valence-electron chi connectivity index (χ4n) is 8.43. The van der Waals surface area contributed by atoms with Crippen LogP contribution in [0.25, 0.3) is 78.7 Å². The molecule has 254 valence electrons. The van der Waals surface area contributed by atoms with E-state index in [-0.39, 0.29) is 12.8 Å². The van der Waals surface area contributed by atoms with Crippen LogP contribution in [0.5, 0.6) is 0 Å². The van der Waals surface area contributed by atoms with Crippen molar-refractivity contribution in [2.24, 2.45) is 0 Å². The van der Waals surface area contributed by atoms with Crippen molar-refractivity contribution >= 4 is 0 Å². The first kappa shape index (κ1) is 32.5. The average Bonchev–Trinajstić information content (AvgIpc) is 3.70. The summed E-state index contributed by atoms with van der Waals surface area (Å²) in [5.74, 6) is 1.99. The third-order valence-corrected chi connectivity index (χ3v) is 11.0. The molecule has 0 aliphatic heterocycles. The molecule has 0 atom stereocenters. The van der Waals surface area contributed by atoms with E-state index in [1.54, 1.807) is 0 Å². The van der Waals surface area contributed by atoms with Crippen molar-refractivity contribution in [1.29, 1.82) is 0 Å². The van der Waals surface area contributed by atoms with Crippen LogP contribution in [0.2, 0.25) is 0 Å². The topological polar surface area (TPSA) is 38.7 Å². The van der Waals surface area contributed by atoms with E-state index in [1.165, 1.54) is 61.2 Å². The molecule has 0 radical (unpaired) electrons. The molecular weight excluding hydrogens is 643 g/mol. The summed E-state index contributed by atoms with van der Waals surface area (Å²) >= 11 is 0. The van der Waals surface area contributed by atoms with Crippen molar-refractivity contribution in [1.82, 2.24) is 15.0 Å². The van der Waals surface area contributed by atoms with Crippen LogP contribution in [-0.2, 0) is 11.8 Å². The molecule has 3 nitrogen and oxygen atoms in total. The molecule has 53 heavy (non-hydrogen) atoms. The van der Waals surface area contributed by atoms with E-state index < -0.39 is 0 Å². The van der Waals surface area contributed by atoms with Gasteiger partial charge in [-0.3, -0.25) is 0 Å². The quantitative estimate of drug-likeness (QED) is 0.181. The number of benzene rings is 7. The Bertz CT molecular complexity index is 2620. The van der Waals surface area contributed by atoms with Gasteiger partial charge >= 0.3 is 0 Å². The summed E-state index contributed by atoms with van der Waals surface area (Å²) in [5.41, 5.74) is 18.8. The van der Waals surface area contributed by atoms with Gasteiger partial charge in [0, 0.05) is 22.1 Å². The van der Waals surface area contributed by atoms with Gasteiger partial charge in [-0.05, 0) is 85.3 Å². The monoisotopic (exact) mass is 681 g/mol. The zero-order valence-corrected chi connectivity index (χ0v) is 29.1. The molecule has 7 aromatic carbocycles. The van der Waals surface area contributed by atoms with Gasteiger partial charge in [-0.15, -0.1) is 0 Å². The molecule has 0 N–H and O–H groups in total. The largest absolute Gasteiger partial charge is 0.208 e. The first-order chi connectivity index (χ1) is 25.5. The molecule has 0 amide bonds. The Morgan fingerprint density at radius 3 is 1.42 bits per heavy atom. The molecule has 3 heteroatoms. The van der Waals surface area contributed by atoms with Crippen molar-refractivity contribution < 1.29 is 0 Å². The molecule has 2 aliphatic carbocycles. The minimum Gasteiger partial charge on any atom is -0.208 e. The molecule has 0 fully saturated rings. The highest BCUT2D eigenvalue weighted by Crippen LogP contribution is 2.51. The summed E-state index contributed by atoms with van der Waals surface area (Å²) in [6, 6.07) is 58.5. The minimum absolute atomic E-state index is 0. The summed E-state index contributed by atoms with van der Waals surface area (Å²) in [5, 5.41) is 0. The average molecular weight is 682 g/mol. The van der Waals surface area contributed by atoms with Gasteiger partial charge in [0.25, 0.3) is 0 Å². The lowest BCUT2D eigenvalue weighted by Crippen LogP contribution is -2.14. The lowest BCUT2D eigenvalue weighted by Gasteiger charge is -2.21. The number of nitrogens with zero attached hydrogens (tertiary/aromatic N) is 3. The molecule has 0 bridgehead atoms. The van der Waals surface area contributed by atoms with E-state index >= 15 is 0 Å². The van der Waals surface area contributed by atoms with Crippen molar-refractivity contribution in [2.75, 3.05) is 0 Å². The number of aromatic nitrogens is 3. The Morgan fingerprint density at radius 1 is 0.358 bits per heavy atom. The maximum absolute atomic E-state index is 5.01. The second-order valence-electron chi connectivity index (χ2n) is 14.4. The maximum Gasteiger partial charge on any atom is 0.164 e. The Morgan fingerprint density at radius 2 is 0.792 bits per heavy atom. The highest BCUT2D eigenvalue weighted by molar-refractivity contribution is 5.92. The van der Waals surface area contributed by atoms with Gasteiger partial charge in [0.15, 0.2) is 17.5 Å². The molecule has 10 rings (SSSR count). The Balaban J connectivity index is 0.00000372. The third kappa shape index (κ3) is 5.31. The Kier molecular flexibility index (Phi) is 7.74. The van der Waals surface area contributed by atoms with Crippen LogP contribution in [0.4, 0.5) is 0 Å². The summed E-state index contributed by atoms with van der Waals surface area (Å²) in [6.45, 7) is 4.69. The predicted molar refractivity (Wildman–Crippen MR) is 220 cm³/mol.